The molecule has 44 heavy (non-hydrogen) atoms. The zero-order valence-electron chi connectivity index (χ0n) is 25.1. The number of nitrogens with one attached hydrogen (secondary N) is 2. The molecule has 1 fully saturated rings. The highest BCUT2D eigenvalue weighted by molar-refractivity contribution is 5.95. The molecule has 9 heteroatoms. The number of benzene rings is 2. The van der Waals surface area contributed by atoms with Crippen molar-refractivity contribution in [1.29, 1.82) is 0 Å². The largest absolute Gasteiger partial charge is 0.462 e. The predicted molar refractivity (Wildman–Crippen MR) is 169 cm³/mol. The Bertz CT molecular complexity index is 1510. The summed E-state index contributed by atoms with van der Waals surface area (Å²) in [6.45, 7) is 5.41. The van der Waals surface area contributed by atoms with Gasteiger partial charge in [-0.2, -0.15) is 0 Å². The average Bonchev–Trinajstić information content (AvgIpc) is 3.05. The van der Waals surface area contributed by atoms with E-state index in [0.717, 1.165) is 17.1 Å². The van der Waals surface area contributed by atoms with Crippen molar-refractivity contribution in [2.24, 2.45) is 11.8 Å². The normalized spacial score (nSPS) is 17.3. The first kappa shape index (κ1) is 30.5. The molecule has 2 atom stereocenters. The topological polar surface area (TPSA) is 110 Å². The van der Waals surface area contributed by atoms with Crippen LogP contribution in [-0.2, 0) is 14.3 Å². The number of rotatable bonds is 10. The quantitative estimate of drug-likeness (QED) is 0.284. The summed E-state index contributed by atoms with van der Waals surface area (Å²) in [5.41, 5.74) is 1.91. The van der Waals surface area contributed by atoms with Crippen LogP contribution >= 0.6 is 0 Å². The molecule has 1 unspecified atom stereocenters. The average molecular weight is 595 g/mol. The van der Waals surface area contributed by atoms with Crippen LogP contribution in [0.25, 0.3) is 0 Å². The molecular formula is C35H38N4O5. The Hall–Kier alpha value is -4.92. The number of amides is 2. The predicted octanol–water partition coefficient (Wildman–Crippen LogP) is 5.83. The molecule has 0 radical (unpaired) electrons. The van der Waals surface area contributed by atoms with Crippen LogP contribution in [0.3, 0.4) is 0 Å². The van der Waals surface area contributed by atoms with Crippen LogP contribution in [0.1, 0.15) is 55.1 Å². The summed E-state index contributed by atoms with van der Waals surface area (Å²) >= 11 is 0. The Morgan fingerprint density at radius 1 is 1.00 bits per heavy atom. The minimum atomic E-state index is -0.408. The van der Waals surface area contributed by atoms with Crippen LogP contribution in [0.15, 0.2) is 96.9 Å². The number of allylic oxidation sites excluding steroid dienone is 2. The number of esters is 1. The third-order valence-corrected chi connectivity index (χ3v) is 7.81. The summed E-state index contributed by atoms with van der Waals surface area (Å²) in [7, 11) is 0. The fourth-order valence-electron chi connectivity index (χ4n) is 5.33. The molecule has 228 valence electrons. The van der Waals surface area contributed by atoms with E-state index in [2.05, 4.69) is 20.5 Å². The fourth-order valence-corrected chi connectivity index (χ4v) is 5.33. The van der Waals surface area contributed by atoms with Gasteiger partial charge in [-0.1, -0.05) is 36.4 Å². The maximum Gasteiger partial charge on any atom is 0.338 e. The zero-order valence-corrected chi connectivity index (χ0v) is 25.1. The number of carbonyl (C=O) groups is 3. The van der Waals surface area contributed by atoms with Gasteiger partial charge >= 0.3 is 5.97 Å². The molecule has 0 spiro atoms. The molecule has 2 aromatic carbocycles. The minimum Gasteiger partial charge on any atom is -0.462 e. The number of aromatic nitrogens is 1. The molecule has 2 N–H and O–H groups in total. The van der Waals surface area contributed by atoms with Gasteiger partial charge in [0.05, 0.1) is 24.1 Å². The first-order valence-corrected chi connectivity index (χ1v) is 15.1. The molecule has 1 aliphatic heterocycles. The van der Waals surface area contributed by atoms with E-state index in [0.29, 0.717) is 56.0 Å². The number of hydrogen-bond acceptors (Lipinski definition) is 7. The van der Waals surface area contributed by atoms with Gasteiger partial charge in [0.1, 0.15) is 17.3 Å². The number of ether oxygens (including phenoxy) is 2. The summed E-state index contributed by atoms with van der Waals surface area (Å²) in [5, 5.41) is 6.05. The van der Waals surface area contributed by atoms with Gasteiger partial charge in [0, 0.05) is 30.9 Å². The maximum atomic E-state index is 13.0. The Balaban J connectivity index is 1.10. The molecular weight excluding hydrogens is 556 g/mol. The lowest BCUT2D eigenvalue weighted by Gasteiger charge is -2.32. The summed E-state index contributed by atoms with van der Waals surface area (Å²) in [6.07, 6.45) is 9.52. The van der Waals surface area contributed by atoms with E-state index in [1.165, 1.54) is 0 Å². The second-order valence-electron chi connectivity index (χ2n) is 11.0. The van der Waals surface area contributed by atoms with E-state index in [1.54, 1.807) is 37.4 Å². The second kappa shape index (κ2) is 14.5. The molecule has 0 bridgehead atoms. The van der Waals surface area contributed by atoms with Gasteiger partial charge in [0.25, 0.3) is 0 Å². The van der Waals surface area contributed by atoms with E-state index >= 15 is 0 Å². The van der Waals surface area contributed by atoms with Gasteiger partial charge in [-0.15, -0.1) is 0 Å². The molecule has 3 aromatic rings. The van der Waals surface area contributed by atoms with Gasteiger partial charge in [0.2, 0.25) is 11.8 Å². The first-order chi connectivity index (χ1) is 21.4. The van der Waals surface area contributed by atoms with Crippen LogP contribution in [-0.4, -0.2) is 42.5 Å². The molecule has 2 amide bonds. The summed E-state index contributed by atoms with van der Waals surface area (Å²) in [4.78, 5) is 44.8. The van der Waals surface area contributed by atoms with Crippen molar-refractivity contribution in [3.8, 4) is 5.75 Å². The van der Waals surface area contributed by atoms with Gasteiger partial charge < -0.3 is 25.0 Å². The molecule has 5 rings (SSSR count). The van der Waals surface area contributed by atoms with E-state index < -0.39 is 5.97 Å². The first-order valence-electron chi connectivity index (χ1n) is 15.1. The lowest BCUT2D eigenvalue weighted by atomic mass is 9.95. The highest BCUT2D eigenvalue weighted by atomic mass is 16.5. The lowest BCUT2D eigenvalue weighted by Crippen LogP contribution is -2.38. The van der Waals surface area contributed by atoms with E-state index in [-0.39, 0.29) is 29.7 Å². The number of nitrogens with zero attached hydrogens (tertiary/aromatic N) is 2. The minimum absolute atomic E-state index is 0.0550. The molecule has 1 saturated heterocycles. The van der Waals surface area contributed by atoms with Crippen molar-refractivity contribution < 1.29 is 23.9 Å². The lowest BCUT2D eigenvalue weighted by molar-refractivity contribution is -0.124. The van der Waals surface area contributed by atoms with Crippen LogP contribution in [0.5, 0.6) is 5.75 Å². The number of pyridine rings is 1. The Kier molecular flexibility index (Phi) is 10.1. The van der Waals surface area contributed by atoms with Gasteiger partial charge in [-0.05, 0) is 87.2 Å². The van der Waals surface area contributed by atoms with E-state index in [1.807, 2.05) is 67.6 Å². The fraction of sp³-hybridized carbons (Fsp3) is 0.314. The molecule has 2 heterocycles. The molecule has 0 saturated carbocycles. The van der Waals surface area contributed by atoms with Crippen molar-refractivity contribution in [1.82, 2.24) is 10.3 Å². The zero-order chi connectivity index (χ0) is 30.9. The molecule has 2 aliphatic rings. The summed E-state index contributed by atoms with van der Waals surface area (Å²) in [5.74, 6) is 1.27. The number of hydrogen-bond donors (Lipinski definition) is 2. The van der Waals surface area contributed by atoms with Gasteiger partial charge in [-0.25, -0.2) is 9.78 Å². The molecule has 1 aromatic heterocycles. The van der Waals surface area contributed by atoms with E-state index in [4.69, 9.17) is 9.47 Å². The molecule has 1 aliphatic carbocycles. The maximum absolute atomic E-state index is 13.0. The van der Waals surface area contributed by atoms with Crippen LogP contribution in [0.2, 0.25) is 0 Å². The standard InChI is InChI=1S/C35H38N4O5/c1-3-43-35(42)27-10-7-11-29(21-27)38-33(40)25-17-19-39(20-18-25)32-16-15-28(23-36-32)24(2)37-34(41)26-9-8-14-31(22-26)44-30-12-5-4-6-13-30/h4-8,10-16,21-26H,3,9,17-20H2,1-2H3,(H,37,41)(H,38,40)/t24-,26?/m1/s1. The van der Waals surface area contributed by atoms with Crippen LogP contribution < -0.4 is 20.3 Å². The van der Waals surface area contributed by atoms with Crippen molar-refractivity contribution in [2.45, 2.75) is 39.2 Å². The highest BCUT2D eigenvalue weighted by Crippen LogP contribution is 2.26. The smallest absolute Gasteiger partial charge is 0.338 e. The number of carbonyl (C=O) groups excluding carboxylic acids is 3. The Labute approximate surface area is 258 Å². The summed E-state index contributed by atoms with van der Waals surface area (Å²) < 4.78 is 11.0. The highest BCUT2D eigenvalue weighted by Gasteiger charge is 2.26. The Morgan fingerprint density at radius 3 is 2.52 bits per heavy atom. The number of anilines is 2. The van der Waals surface area contributed by atoms with Crippen molar-refractivity contribution in [3.05, 3.63) is 108 Å². The van der Waals surface area contributed by atoms with E-state index in [9.17, 15) is 14.4 Å². The van der Waals surface area contributed by atoms with Crippen LogP contribution in [0.4, 0.5) is 11.5 Å². The molecule has 9 nitrogen and oxygen atoms in total. The SMILES string of the molecule is CCOC(=O)c1cccc(NC(=O)C2CCN(c3ccc([C@@H](C)NC(=O)C4C=C(Oc5ccccc5)C=CC4)cn3)CC2)c1. The van der Waals surface area contributed by atoms with Crippen molar-refractivity contribution >= 4 is 29.3 Å². The third-order valence-electron chi connectivity index (χ3n) is 7.81. The summed E-state index contributed by atoms with van der Waals surface area (Å²) in [6, 6.07) is 20.1. The third kappa shape index (κ3) is 7.92. The van der Waals surface area contributed by atoms with Gasteiger partial charge in [0.15, 0.2) is 0 Å². The van der Waals surface area contributed by atoms with Crippen LogP contribution in [0, 0.1) is 11.8 Å². The van der Waals surface area contributed by atoms with Gasteiger partial charge in [-0.3, -0.25) is 9.59 Å². The monoisotopic (exact) mass is 594 g/mol. The second-order valence-corrected chi connectivity index (χ2v) is 11.0. The number of piperidine rings is 1. The van der Waals surface area contributed by atoms with Crippen molar-refractivity contribution in [2.75, 3.05) is 29.9 Å². The Morgan fingerprint density at radius 2 is 1.80 bits per heavy atom. The number of para-hydroxylation sites is 1. The van der Waals surface area contributed by atoms with Crippen molar-refractivity contribution in [3.63, 3.8) is 0 Å².